The lowest BCUT2D eigenvalue weighted by atomic mass is 9.74. The lowest BCUT2D eigenvalue weighted by Crippen LogP contribution is -2.36. The van der Waals surface area contributed by atoms with E-state index in [1.54, 1.807) is 18.3 Å². The molecule has 0 amide bonds. The second-order valence-electron chi connectivity index (χ2n) is 4.58. The van der Waals surface area contributed by atoms with Crippen LogP contribution in [-0.4, -0.2) is 29.1 Å². The fourth-order valence-corrected chi connectivity index (χ4v) is 2.69. The smallest absolute Gasteiger partial charge is 0.310 e. The summed E-state index contributed by atoms with van der Waals surface area (Å²) in [7, 11) is 1.27. The van der Waals surface area contributed by atoms with Gasteiger partial charge in [-0.05, 0) is 34.5 Å². The zero-order chi connectivity index (χ0) is 14.7. The average Bonchev–Trinajstić information content (AvgIpc) is 2.46. The molecule has 0 fully saturated rings. The van der Waals surface area contributed by atoms with Crippen LogP contribution in [0.25, 0.3) is 0 Å². The molecule has 0 aliphatic heterocycles. The van der Waals surface area contributed by atoms with Crippen molar-refractivity contribution in [3.05, 3.63) is 40.6 Å². The molecule has 1 aliphatic rings. The van der Waals surface area contributed by atoms with Crippen molar-refractivity contribution in [3.63, 3.8) is 0 Å². The average molecular weight is 340 g/mol. The van der Waals surface area contributed by atoms with Gasteiger partial charge in [-0.25, -0.2) is 0 Å². The van der Waals surface area contributed by atoms with Crippen molar-refractivity contribution < 1.29 is 19.4 Å². The van der Waals surface area contributed by atoms with Crippen LogP contribution in [0.2, 0.25) is 0 Å². The third-order valence-corrected chi connectivity index (χ3v) is 3.91. The number of allylic oxidation sites excluding steroid dienone is 2. The minimum Gasteiger partial charge on any atom is -0.481 e. The summed E-state index contributed by atoms with van der Waals surface area (Å²) in [5.41, 5.74) is 0.658. The van der Waals surface area contributed by atoms with Gasteiger partial charge in [0.25, 0.3) is 0 Å². The van der Waals surface area contributed by atoms with Gasteiger partial charge in [0.2, 0.25) is 0 Å². The van der Waals surface area contributed by atoms with E-state index < -0.39 is 23.8 Å². The first-order valence-electron chi connectivity index (χ1n) is 6.13. The molecule has 0 bridgehead atoms. The molecule has 0 saturated carbocycles. The number of carboxylic acid groups (broad SMARTS) is 1. The Hall–Kier alpha value is -1.69. The molecule has 1 aliphatic carbocycles. The predicted molar refractivity (Wildman–Crippen MR) is 75.1 cm³/mol. The number of esters is 1. The molecule has 0 radical (unpaired) electrons. The number of methoxy groups -OCH3 is 1. The van der Waals surface area contributed by atoms with Crippen LogP contribution in [0.1, 0.15) is 18.0 Å². The van der Waals surface area contributed by atoms with Gasteiger partial charge in [0.05, 0.1) is 18.9 Å². The second kappa shape index (κ2) is 6.17. The zero-order valence-corrected chi connectivity index (χ0v) is 12.4. The summed E-state index contributed by atoms with van der Waals surface area (Å²) < 4.78 is 5.60. The maximum absolute atomic E-state index is 12.0. The number of aromatic nitrogens is 1. The Bertz CT molecular complexity index is 541. The van der Waals surface area contributed by atoms with Crippen LogP contribution < -0.4 is 0 Å². The van der Waals surface area contributed by atoms with Crippen molar-refractivity contribution in [1.82, 2.24) is 4.98 Å². The normalized spacial score (nSPS) is 25.2. The molecule has 1 heterocycles. The first-order valence-corrected chi connectivity index (χ1v) is 6.92. The van der Waals surface area contributed by atoms with E-state index >= 15 is 0 Å². The van der Waals surface area contributed by atoms with Gasteiger partial charge in [-0.3, -0.25) is 14.6 Å². The van der Waals surface area contributed by atoms with Gasteiger partial charge < -0.3 is 9.84 Å². The van der Waals surface area contributed by atoms with Gasteiger partial charge in [0.1, 0.15) is 0 Å². The molecular weight excluding hydrogens is 326 g/mol. The summed E-state index contributed by atoms with van der Waals surface area (Å²) in [4.78, 5) is 27.6. The molecule has 1 aromatic heterocycles. The second-order valence-corrected chi connectivity index (χ2v) is 5.50. The number of nitrogens with zero attached hydrogens (tertiary/aromatic N) is 1. The first kappa shape index (κ1) is 14.7. The molecule has 106 valence electrons. The molecular formula is C14H14BrNO4. The maximum Gasteiger partial charge on any atom is 0.310 e. The van der Waals surface area contributed by atoms with Crippen molar-refractivity contribution in [3.8, 4) is 0 Å². The Kier molecular flexibility index (Phi) is 4.54. The fourth-order valence-electron chi connectivity index (χ4n) is 2.46. The summed E-state index contributed by atoms with van der Waals surface area (Å²) >= 11 is 3.30. The van der Waals surface area contributed by atoms with Crippen molar-refractivity contribution >= 4 is 27.9 Å². The van der Waals surface area contributed by atoms with E-state index in [1.165, 1.54) is 7.11 Å². The third-order valence-electron chi connectivity index (χ3n) is 3.44. The molecule has 20 heavy (non-hydrogen) atoms. The van der Waals surface area contributed by atoms with Crippen LogP contribution in [0, 0.1) is 11.8 Å². The van der Waals surface area contributed by atoms with Crippen LogP contribution in [-0.2, 0) is 14.3 Å². The number of hydrogen-bond donors (Lipinski definition) is 1. The van der Waals surface area contributed by atoms with Crippen molar-refractivity contribution in [1.29, 1.82) is 0 Å². The molecule has 0 aromatic carbocycles. The van der Waals surface area contributed by atoms with Gasteiger partial charge >= 0.3 is 11.9 Å². The molecule has 1 aromatic rings. The van der Waals surface area contributed by atoms with Crippen LogP contribution in [0.3, 0.4) is 0 Å². The molecule has 0 saturated heterocycles. The zero-order valence-electron chi connectivity index (χ0n) is 10.8. The first-order chi connectivity index (χ1) is 9.54. The number of carboxylic acids is 1. The highest BCUT2D eigenvalue weighted by Gasteiger charge is 2.42. The van der Waals surface area contributed by atoms with E-state index in [0.29, 0.717) is 12.1 Å². The molecule has 5 nitrogen and oxygen atoms in total. The van der Waals surface area contributed by atoms with Gasteiger partial charge in [-0.15, -0.1) is 0 Å². The van der Waals surface area contributed by atoms with E-state index in [-0.39, 0.29) is 5.92 Å². The molecule has 0 spiro atoms. The highest BCUT2D eigenvalue weighted by molar-refractivity contribution is 9.10. The molecule has 6 heteroatoms. The number of carbonyl (C=O) groups is 2. The highest BCUT2D eigenvalue weighted by Crippen LogP contribution is 2.37. The van der Waals surface area contributed by atoms with Gasteiger partial charge in [-0.2, -0.15) is 0 Å². The Labute approximate surface area is 124 Å². The van der Waals surface area contributed by atoms with Crippen LogP contribution in [0.15, 0.2) is 35.0 Å². The number of aliphatic carboxylic acids is 1. The quantitative estimate of drug-likeness (QED) is 0.675. The monoisotopic (exact) mass is 339 g/mol. The largest absolute Gasteiger partial charge is 0.481 e. The SMILES string of the molecule is COC(=O)[C@H]1C(C(=O)O)CC=C[C@@H]1c1ccc(Br)cn1. The lowest BCUT2D eigenvalue weighted by molar-refractivity contribution is -0.156. The number of halogens is 1. The molecule has 2 rings (SSSR count). The van der Waals surface area contributed by atoms with Crippen molar-refractivity contribution in [2.24, 2.45) is 11.8 Å². The summed E-state index contributed by atoms with van der Waals surface area (Å²) in [6.07, 6.45) is 5.56. The molecule has 1 unspecified atom stereocenters. The number of ether oxygens (including phenoxy) is 1. The highest BCUT2D eigenvalue weighted by atomic mass is 79.9. The van der Waals surface area contributed by atoms with Crippen molar-refractivity contribution in [2.45, 2.75) is 12.3 Å². The van der Waals surface area contributed by atoms with E-state index in [0.717, 1.165) is 4.47 Å². The van der Waals surface area contributed by atoms with Gasteiger partial charge in [0, 0.05) is 22.3 Å². The Morgan fingerprint density at radius 3 is 2.75 bits per heavy atom. The fraction of sp³-hybridized carbons (Fsp3) is 0.357. The summed E-state index contributed by atoms with van der Waals surface area (Å²) in [6.45, 7) is 0. The van der Waals surface area contributed by atoms with E-state index in [1.807, 2.05) is 12.1 Å². The van der Waals surface area contributed by atoms with E-state index in [9.17, 15) is 14.7 Å². The summed E-state index contributed by atoms with van der Waals surface area (Å²) in [5, 5.41) is 9.29. The number of carbonyl (C=O) groups excluding carboxylic acids is 1. The lowest BCUT2D eigenvalue weighted by Gasteiger charge is -2.30. The number of rotatable bonds is 3. The number of pyridine rings is 1. The van der Waals surface area contributed by atoms with Gasteiger partial charge in [-0.1, -0.05) is 12.2 Å². The van der Waals surface area contributed by atoms with Crippen molar-refractivity contribution in [2.75, 3.05) is 7.11 Å². The summed E-state index contributed by atoms with van der Waals surface area (Å²) in [5.74, 6) is -3.44. The van der Waals surface area contributed by atoms with E-state index in [2.05, 4.69) is 20.9 Å². The standard InChI is InChI=1S/C14H14BrNO4/c1-20-14(19)12-9(3-2-4-10(12)13(17)18)11-6-5-8(15)7-16-11/h2-3,5-7,9-10,12H,4H2,1H3,(H,17,18)/t9-,10?,12-/m1/s1. The Balaban J connectivity index is 2.40. The van der Waals surface area contributed by atoms with E-state index in [4.69, 9.17) is 4.74 Å². The van der Waals surface area contributed by atoms with Crippen LogP contribution >= 0.6 is 15.9 Å². The molecule has 1 N–H and O–H groups in total. The van der Waals surface area contributed by atoms with Crippen LogP contribution in [0.5, 0.6) is 0 Å². The Morgan fingerprint density at radius 1 is 1.45 bits per heavy atom. The van der Waals surface area contributed by atoms with Crippen LogP contribution in [0.4, 0.5) is 0 Å². The van der Waals surface area contributed by atoms with Gasteiger partial charge in [0.15, 0.2) is 0 Å². The summed E-state index contributed by atoms with van der Waals surface area (Å²) in [6, 6.07) is 3.59. The Morgan fingerprint density at radius 2 is 2.20 bits per heavy atom. The number of hydrogen-bond acceptors (Lipinski definition) is 4. The maximum atomic E-state index is 12.0. The predicted octanol–water partition coefficient (Wildman–Crippen LogP) is 2.38. The minimum absolute atomic E-state index is 0.322. The third kappa shape index (κ3) is 2.90. The topological polar surface area (TPSA) is 76.5 Å². The minimum atomic E-state index is -0.994. The molecule has 3 atom stereocenters.